The molecule has 0 fully saturated rings. The highest BCUT2D eigenvalue weighted by Gasteiger charge is 2.04. The lowest BCUT2D eigenvalue weighted by Gasteiger charge is -2.04. The summed E-state index contributed by atoms with van der Waals surface area (Å²) in [7, 11) is 1.58. The quantitative estimate of drug-likeness (QED) is 0.683. The molecule has 0 aliphatic heterocycles. The molecule has 0 atom stereocenters. The molecule has 0 saturated heterocycles. The van der Waals surface area contributed by atoms with Gasteiger partial charge in [-0.25, -0.2) is 9.78 Å². The van der Waals surface area contributed by atoms with Gasteiger partial charge in [0.2, 0.25) is 0 Å². The maximum Gasteiger partial charge on any atom is 0.328 e. The number of carboxylic acid groups (broad SMARTS) is 1. The van der Waals surface area contributed by atoms with Crippen molar-refractivity contribution in [3.8, 4) is 5.75 Å². The smallest absolute Gasteiger partial charge is 0.328 e. The molecule has 2 aromatic rings. The number of aliphatic carboxylic acids is 1. The molecule has 4 nitrogen and oxygen atoms in total. The summed E-state index contributed by atoms with van der Waals surface area (Å²) in [6.07, 6.45) is 2.44. The highest BCUT2D eigenvalue weighted by atomic mass is 35.5. The molecule has 5 heteroatoms. The first-order valence-corrected chi connectivity index (χ1v) is 5.53. The Balaban J connectivity index is 2.54. The number of ether oxygens (including phenoxy) is 1. The van der Waals surface area contributed by atoms with Gasteiger partial charge in [0.1, 0.15) is 10.9 Å². The van der Waals surface area contributed by atoms with E-state index in [9.17, 15) is 4.79 Å². The number of benzene rings is 1. The minimum Gasteiger partial charge on any atom is -0.497 e. The zero-order valence-electron chi connectivity index (χ0n) is 9.55. The standard InChI is InChI=1S/C13H10ClNO3/c1-18-10-3-4-11-9(7-10)6-8(13(14)15-11)2-5-12(16)17/h2-7H,1H3,(H,16,17)/b5-2+. The van der Waals surface area contributed by atoms with Crippen LogP contribution in [0.5, 0.6) is 5.75 Å². The van der Waals surface area contributed by atoms with Gasteiger partial charge in [-0.1, -0.05) is 11.6 Å². The maximum atomic E-state index is 10.5. The van der Waals surface area contributed by atoms with Gasteiger partial charge >= 0.3 is 5.97 Å². The number of hydrogen-bond donors (Lipinski definition) is 1. The number of pyridine rings is 1. The Morgan fingerprint density at radius 3 is 2.89 bits per heavy atom. The summed E-state index contributed by atoms with van der Waals surface area (Å²) in [5.74, 6) is -0.323. The molecule has 0 spiro atoms. The fourth-order valence-corrected chi connectivity index (χ4v) is 1.76. The number of halogens is 1. The Morgan fingerprint density at radius 2 is 2.22 bits per heavy atom. The zero-order valence-corrected chi connectivity index (χ0v) is 10.3. The van der Waals surface area contributed by atoms with E-state index in [2.05, 4.69) is 4.98 Å². The van der Waals surface area contributed by atoms with Crippen molar-refractivity contribution in [3.63, 3.8) is 0 Å². The summed E-state index contributed by atoms with van der Waals surface area (Å²) in [5, 5.41) is 9.70. The predicted octanol–water partition coefficient (Wildman–Crippen LogP) is 2.99. The fraction of sp³-hybridized carbons (Fsp3) is 0.0769. The van der Waals surface area contributed by atoms with Crippen molar-refractivity contribution in [1.29, 1.82) is 0 Å². The molecular weight excluding hydrogens is 254 g/mol. The molecule has 0 amide bonds. The number of carboxylic acids is 1. The van der Waals surface area contributed by atoms with E-state index in [4.69, 9.17) is 21.4 Å². The van der Waals surface area contributed by atoms with Crippen LogP contribution in [0.2, 0.25) is 5.15 Å². The average molecular weight is 264 g/mol. The van der Waals surface area contributed by atoms with Crippen molar-refractivity contribution in [2.75, 3.05) is 7.11 Å². The first-order valence-electron chi connectivity index (χ1n) is 5.15. The summed E-state index contributed by atoms with van der Waals surface area (Å²) in [5.41, 5.74) is 1.29. The Kier molecular flexibility index (Phi) is 3.48. The maximum absolute atomic E-state index is 10.5. The van der Waals surface area contributed by atoms with Crippen molar-refractivity contribution in [2.24, 2.45) is 0 Å². The van der Waals surface area contributed by atoms with E-state index in [1.54, 1.807) is 25.3 Å². The summed E-state index contributed by atoms with van der Waals surface area (Å²) in [4.78, 5) is 14.7. The van der Waals surface area contributed by atoms with Gasteiger partial charge in [0.15, 0.2) is 0 Å². The van der Waals surface area contributed by atoms with Gasteiger partial charge in [-0.05, 0) is 30.3 Å². The van der Waals surface area contributed by atoms with E-state index in [0.29, 0.717) is 11.3 Å². The van der Waals surface area contributed by atoms with Crippen LogP contribution in [-0.2, 0) is 4.79 Å². The van der Waals surface area contributed by atoms with Gasteiger partial charge < -0.3 is 9.84 Å². The zero-order chi connectivity index (χ0) is 13.1. The number of fused-ring (bicyclic) bond motifs is 1. The molecule has 0 aliphatic rings. The lowest BCUT2D eigenvalue weighted by atomic mass is 10.1. The number of nitrogens with zero attached hydrogens (tertiary/aromatic N) is 1. The molecular formula is C13H10ClNO3. The second-order valence-electron chi connectivity index (χ2n) is 3.60. The van der Waals surface area contributed by atoms with Crippen molar-refractivity contribution in [3.05, 3.63) is 41.1 Å². The predicted molar refractivity (Wildman–Crippen MR) is 70.0 cm³/mol. The minimum absolute atomic E-state index is 0.269. The third kappa shape index (κ3) is 2.60. The van der Waals surface area contributed by atoms with Gasteiger partial charge in [-0.15, -0.1) is 0 Å². The molecule has 0 radical (unpaired) electrons. The van der Waals surface area contributed by atoms with Crippen LogP contribution in [0.15, 0.2) is 30.3 Å². The molecule has 1 heterocycles. The van der Waals surface area contributed by atoms with Crippen molar-refractivity contribution < 1.29 is 14.6 Å². The van der Waals surface area contributed by atoms with Crippen LogP contribution in [0.1, 0.15) is 5.56 Å². The molecule has 2 rings (SSSR count). The normalized spacial score (nSPS) is 11.0. The number of hydrogen-bond acceptors (Lipinski definition) is 3. The Morgan fingerprint density at radius 1 is 1.44 bits per heavy atom. The van der Waals surface area contributed by atoms with Crippen molar-refractivity contribution in [1.82, 2.24) is 4.98 Å². The van der Waals surface area contributed by atoms with Gasteiger partial charge in [-0.3, -0.25) is 0 Å². The van der Waals surface area contributed by atoms with Crippen molar-refractivity contribution in [2.45, 2.75) is 0 Å². The topological polar surface area (TPSA) is 59.4 Å². The van der Waals surface area contributed by atoms with E-state index >= 15 is 0 Å². The lowest BCUT2D eigenvalue weighted by molar-refractivity contribution is -0.131. The number of rotatable bonds is 3. The first kappa shape index (κ1) is 12.4. The average Bonchev–Trinajstić information content (AvgIpc) is 2.35. The number of methoxy groups -OCH3 is 1. The molecule has 0 saturated carbocycles. The highest BCUT2D eigenvalue weighted by molar-refractivity contribution is 6.31. The monoisotopic (exact) mass is 263 g/mol. The lowest BCUT2D eigenvalue weighted by Crippen LogP contribution is -1.89. The molecule has 92 valence electrons. The second-order valence-corrected chi connectivity index (χ2v) is 3.96. The van der Waals surface area contributed by atoms with E-state index in [0.717, 1.165) is 17.0 Å². The largest absolute Gasteiger partial charge is 0.497 e. The Labute approximate surface area is 108 Å². The third-order valence-electron chi connectivity index (χ3n) is 2.41. The summed E-state index contributed by atoms with van der Waals surface area (Å²) in [6.45, 7) is 0. The first-order chi connectivity index (χ1) is 8.60. The van der Waals surface area contributed by atoms with Crippen LogP contribution in [0.4, 0.5) is 0 Å². The molecule has 1 aromatic carbocycles. The second kappa shape index (κ2) is 5.06. The number of aromatic nitrogens is 1. The molecule has 1 aromatic heterocycles. The van der Waals surface area contributed by atoms with E-state index in [-0.39, 0.29) is 5.15 Å². The van der Waals surface area contributed by atoms with E-state index in [1.807, 2.05) is 6.07 Å². The van der Waals surface area contributed by atoms with Crippen LogP contribution in [0, 0.1) is 0 Å². The van der Waals surface area contributed by atoms with Crippen LogP contribution in [0.3, 0.4) is 0 Å². The number of carbonyl (C=O) groups is 1. The van der Waals surface area contributed by atoms with Gasteiger partial charge in [-0.2, -0.15) is 0 Å². The van der Waals surface area contributed by atoms with Gasteiger partial charge in [0.25, 0.3) is 0 Å². The van der Waals surface area contributed by atoms with Crippen LogP contribution in [-0.4, -0.2) is 23.2 Å². The van der Waals surface area contributed by atoms with Gasteiger partial charge in [0.05, 0.1) is 12.6 Å². The summed E-state index contributed by atoms with van der Waals surface area (Å²) < 4.78 is 5.12. The Bertz CT molecular complexity index is 637. The molecule has 0 unspecified atom stereocenters. The van der Waals surface area contributed by atoms with E-state index < -0.39 is 5.97 Å². The molecule has 0 bridgehead atoms. The molecule has 0 aliphatic carbocycles. The fourth-order valence-electron chi connectivity index (χ4n) is 1.55. The third-order valence-corrected chi connectivity index (χ3v) is 2.71. The highest BCUT2D eigenvalue weighted by Crippen LogP contribution is 2.24. The molecule has 1 N–H and O–H groups in total. The minimum atomic E-state index is -1.03. The van der Waals surface area contributed by atoms with E-state index in [1.165, 1.54) is 6.08 Å². The van der Waals surface area contributed by atoms with Crippen LogP contribution in [0.25, 0.3) is 17.0 Å². The van der Waals surface area contributed by atoms with Crippen LogP contribution < -0.4 is 4.74 Å². The Hall–Kier alpha value is -2.07. The van der Waals surface area contributed by atoms with Crippen molar-refractivity contribution >= 4 is 34.5 Å². The molecule has 18 heavy (non-hydrogen) atoms. The summed E-state index contributed by atoms with van der Waals surface area (Å²) >= 11 is 5.97. The van der Waals surface area contributed by atoms with Gasteiger partial charge in [0, 0.05) is 17.0 Å². The van der Waals surface area contributed by atoms with Crippen LogP contribution >= 0.6 is 11.6 Å². The summed E-state index contributed by atoms with van der Waals surface area (Å²) in [6, 6.07) is 7.17. The SMILES string of the molecule is COc1ccc2nc(Cl)c(/C=C/C(=O)O)cc2c1.